The molecule has 1 aromatic heterocycles. The second-order valence-electron chi connectivity index (χ2n) is 5.78. The van der Waals surface area contributed by atoms with Gasteiger partial charge < -0.3 is 4.57 Å². The summed E-state index contributed by atoms with van der Waals surface area (Å²) in [6, 6.07) is 4.82. The normalized spacial score (nSPS) is 14.3. The fourth-order valence-electron chi connectivity index (χ4n) is 2.83. The van der Waals surface area contributed by atoms with Gasteiger partial charge in [-0.1, -0.05) is 36.9 Å². The van der Waals surface area contributed by atoms with Crippen LogP contribution in [0.25, 0.3) is 22.9 Å². The second kappa shape index (κ2) is 6.59. The van der Waals surface area contributed by atoms with Crippen molar-refractivity contribution < 1.29 is 13.2 Å². The van der Waals surface area contributed by atoms with Crippen LogP contribution in [-0.4, -0.2) is 4.57 Å². The summed E-state index contributed by atoms with van der Waals surface area (Å²) < 4.78 is 40.6. The van der Waals surface area contributed by atoms with Gasteiger partial charge in [0, 0.05) is 29.7 Å². The van der Waals surface area contributed by atoms with Crippen LogP contribution in [0.2, 0.25) is 0 Å². The standard InChI is InChI=1S/C20H16F3NO/c1-2-24-12-17(14-7-4-3-5-8-14)19(25)18(13-24)15-9-6-10-16(11-15)20(21,22)23/h2-4,6-7,9-13H,1,5,8H2. The third-order valence-electron chi connectivity index (χ3n) is 4.12. The highest BCUT2D eigenvalue weighted by Crippen LogP contribution is 2.32. The van der Waals surface area contributed by atoms with Crippen molar-refractivity contribution in [3.05, 3.63) is 82.8 Å². The minimum absolute atomic E-state index is 0.221. The quantitative estimate of drug-likeness (QED) is 0.734. The Morgan fingerprint density at radius 3 is 2.56 bits per heavy atom. The van der Waals surface area contributed by atoms with Crippen LogP contribution in [0.5, 0.6) is 0 Å². The van der Waals surface area contributed by atoms with Gasteiger partial charge in [-0.3, -0.25) is 4.79 Å². The number of allylic oxidation sites excluding steroid dienone is 4. The number of hydrogen-bond acceptors (Lipinski definition) is 1. The number of rotatable bonds is 3. The lowest BCUT2D eigenvalue weighted by molar-refractivity contribution is -0.137. The lowest BCUT2D eigenvalue weighted by Crippen LogP contribution is -2.15. The lowest BCUT2D eigenvalue weighted by atomic mass is 9.95. The first-order valence-corrected chi connectivity index (χ1v) is 7.82. The first-order chi connectivity index (χ1) is 11.9. The molecule has 1 heterocycles. The molecular weight excluding hydrogens is 327 g/mol. The molecule has 2 nitrogen and oxygen atoms in total. The maximum Gasteiger partial charge on any atom is 0.416 e. The predicted octanol–water partition coefficient (Wildman–Crippen LogP) is 5.37. The average molecular weight is 343 g/mol. The van der Waals surface area contributed by atoms with Gasteiger partial charge in [0.25, 0.3) is 0 Å². The minimum atomic E-state index is -4.46. The van der Waals surface area contributed by atoms with Crippen LogP contribution in [0.1, 0.15) is 24.0 Å². The van der Waals surface area contributed by atoms with Crippen molar-refractivity contribution in [2.75, 3.05) is 0 Å². The number of pyridine rings is 1. The maximum atomic E-state index is 13.0. The van der Waals surface area contributed by atoms with E-state index >= 15 is 0 Å². The molecule has 1 aliphatic carbocycles. The molecule has 0 N–H and O–H groups in total. The molecule has 0 spiro atoms. The Morgan fingerprint density at radius 1 is 1.16 bits per heavy atom. The van der Waals surface area contributed by atoms with Crippen molar-refractivity contribution in [1.29, 1.82) is 0 Å². The number of nitrogens with zero attached hydrogens (tertiary/aromatic N) is 1. The lowest BCUT2D eigenvalue weighted by Gasteiger charge is -2.14. The molecule has 0 unspecified atom stereocenters. The molecule has 0 saturated heterocycles. The van der Waals surface area contributed by atoms with E-state index in [1.807, 2.05) is 18.2 Å². The van der Waals surface area contributed by atoms with Crippen molar-refractivity contribution in [3.8, 4) is 11.1 Å². The van der Waals surface area contributed by atoms with E-state index in [1.165, 1.54) is 24.5 Å². The third-order valence-corrected chi connectivity index (χ3v) is 4.12. The highest BCUT2D eigenvalue weighted by Gasteiger charge is 2.30. The van der Waals surface area contributed by atoms with Gasteiger partial charge in [-0.2, -0.15) is 13.2 Å². The van der Waals surface area contributed by atoms with Crippen LogP contribution < -0.4 is 5.43 Å². The van der Waals surface area contributed by atoms with Crippen molar-refractivity contribution in [1.82, 2.24) is 4.57 Å². The summed E-state index contributed by atoms with van der Waals surface area (Å²) in [6.45, 7) is 3.69. The third kappa shape index (κ3) is 3.50. The Kier molecular flexibility index (Phi) is 4.49. The Balaban J connectivity index is 2.20. The highest BCUT2D eigenvalue weighted by molar-refractivity contribution is 5.73. The van der Waals surface area contributed by atoms with Gasteiger partial charge in [0.15, 0.2) is 5.43 Å². The van der Waals surface area contributed by atoms with Crippen molar-refractivity contribution in [2.45, 2.75) is 19.0 Å². The number of alkyl halides is 3. The van der Waals surface area contributed by atoms with E-state index < -0.39 is 11.7 Å². The largest absolute Gasteiger partial charge is 0.416 e. The van der Waals surface area contributed by atoms with E-state index in [0.717, 1.165) is 30.5 Å². The molecule has 0 amide bonds. The summed E-state index contributed by atoms with van der Waals surface area (Å²) in [5.74, 6) is 0. The molecule has 1 aliphatic rings. The topological polar surface area (TPSA) is 22.0 Å². The van der Waals surface area contributed by atoms with E-state index in [2.05, 4.69) is 6.58 Å². The number of aromatic nitrogens is 1. The van der Waals surface area contributed by atoms with Gasteiger partial charge in [0.2, 0.25) is 0 Å². The van der Waals surface area contributed by atoms with Gasteiger partial charge in [-0.25, -0.2) is 0 Å². The number of halogens is 3. The van der Waals surface area contributed by atoms with E-state index in [4.69, 9.17) is 0 Å². The van der Waals surface area contributed by atoms with E-state index in [1.54, 1.807) is 10.8 Å². The summed E-state index contributed by atoms with van der Waals surface area (Å²) in [4.78, 5) is 12.9. The highest BCUT2D eigenvalue weighted by atomic mass is 19.4. The van der Waals surface area contributed by atoms with Gasteiger partial charge in [0.1, 0.15) is 0 Å². The van der Waals surface area contributed by atoms with Crippen LogP contribution in [-0.2, 0) is 6.18 Å². The SMILES string of the molecule is C=Cn1cc(C2=CC=CCC2)c(=O)c(-c2cccc(C(F)(F)F)c2)c1. The van der Waals surface area contributed by atoms with Gasteiger partial charge in [0.05, 0.1) is 5.56 Å². The summed E-state index contributed by atoms with van der Waals surface area (Å²) in [6.07, 6.45) is 7.53. The van der Waals surface area contributed by atoms with Crippen molar-refractivity contribution in [2.24, 2.45) is 0 Å². The van der Waals surface area contributed by atoms with Gasteiger partial charge in [-0.05, 0) is 36.1 Å². The molecule has 0 saturated carbocycles. The Morgan fingerprint density at radius 2 is 1.92 bits per heavy atom. The summed E-state index contributed by atoms with van der Waals surface area (Å²) in [5.41, 5.74) is 0.762. The van der Waals surface area contributed by atoms with Crippen LogP contribution in [0.4, 0.5) is 13.2 Å². The molecular formula is C20H16F3NO. The number of hydrogen-bond donors (Lipinski definition) is 0. The first kappa shape index (κ1) is 17.0. The van der Waals surface area contributed by atoms with Crippen LogP contribution in [0, 0.1) is 0 Å². The molecule has 0 radical (unpaired) electrons. The fourth-order valence-corrected chi connectivity index (χ4v) is 2.83. The average Bonchev–Trinajstić information content (AvgIpc) is 2.62. The Hall–Kier alpha value is -2.82. The van der Waals surface area contributed by atoms with Gasteiger partial charge in [-0.15, -0.1) is 0 Å². The monoisotopic (exact) mass is 343 g/mol. The molecule has 0 atom stereocenters. The second-order valence-corrected chi connectivity index (χ2v) is 5.78. The zero-order valence-corrected chi connectivity index (χ0v) is 13.4. The fraction of sp³-hybridized carbons (Fsp3) is 0.150. The van der Waals surface area contributed by atoms with Crippen molar-refractivity contribution in [3.63, 3.8) is 0 Å². The molecule has 25 heavy (non-hydrogen) atoms. The molecule has 5 heteroatoms. The zero-order valence-electron chi connectivity index (χ0n) is 13.4. The molecule has 2 aromatic rings. The molecule has 0 bridgehead atoms. The molecule has 0 fully saturated rings. The van der Waals surface area contributed by atoms with E-state index in [9.17, 15) is 18.0 Å². The molecule has 128 valence electrons. The Labute approximate surface area is 143 Å². The molecule has 1 aromatic carbocycles. The summed E-state index contributed by atoms with van der Waals surface area (Å²) in [7, 11) is 0. The van der Waals surface area contributed by atoms with Crippen LogP contribution in [0.15, 0.2) is 66.3 Å². The van der Waals surface area contributed by atoms with E-state index in [-0.39, 0.29) is 16.6 Å². The first-order valence-electron chi connectivity index (χ1n) is 7.82. The van der Waals surface area contributed by atoms with Crippen molar-refractivity contribution >= 4 is 11.8 Å². The summed E-state index contributed by atoms with van der Waals surface area (Å²) in [5, 5.41) is 0. The van der Waals surface area contributed by atoms with Crippen LogP contribution in [0.3, 0.4) is 0 Å². The van der Waals surface area contributed by atoms with Crippen LogP contribution >= 0.6 is 0 Å². The Bertz CT molecular complexity index is 933. The minimum Gasteiger partial charge on any atom is -0.330 e. The smallest absolute Gasteiger partial charge is 0.330 e. The predicted molar refractivity (Wildman–Crippen MR) is 93.9 cm³/mol. The zero-order chi connectivity index (χ0) is 18.0. The number of benzene rings is 1. The van der Waals surface area contributed by atoms with Gasteiger partial charge >= 0.3 is 6.18 Å². The van der Waals surface area contributed by atoms with E-state index in [0.29, 0.717) is 5.56 Å². The molecule has 0 aliphatic heterocycles. The molecule has 3 rings (SSSR count). The maximum absolute atomic E-state index is 13.0. The summed E-state index contributed by atoms with van der Waals surface area (Å²) >= 11 is 0.